The van der Waals surface area contributed by atoms with Gasteiger partial charge in [-0.25, -0.2) is 0 Å². The molecular formula is C13H22BrNO. The number of hydrogen-bond acceptors (Lipinski definition) is 2. The quantitative estimate of drug-likeness (QED) is 0.697. The summed E-state index contributed by atoms with van der Waals surface area (Å²) >= 11 is 3.46. The lowest BCUT2D eigenvalue weighted by atomic mass is 9.95. The van der Waals surface area contributed by atoms with Gasteiger partial charge in [-0.3, -0.25) is 4.79 Å². The van der Waals surface area contributed by atoms with Gasteiger partial charge in [-0.1, -0.05) is 22.9 Å². The van der Waals surface area contributed by atoms with Crippen molar-refractivity contribution in [1.29, 1.82) is 0 Å². The number of carbonyl (C=O) groups excluding carboxylic acids is 1. The van der Waals surface area contributed by atoms with Gasteiger partial charge in [-0.2, -0.15) is 0 Å². The molecule has 0 aromatic heterocycles. The van der Waals surface area contributed by atoms with Crippen molar-refractivity contribution in [3.05, 3.63) is 11.3 Å². The molecule has 1 aliphatic rings. The molecule has 92 valence electrons. The van der Waals surface area contributed by atoms with Gasteiger partial charge in [0.2, 0.25) is 0 Å². The van der Waals surface area contributed by atoms with Crippen molar-refractivity contribution >= 4 is 21.7 Å². The largest absolute Gasteiger partial charge is 0.369 e. The average molecular weight is 288 g/mol. The lowest BCUT2D eigenvalue weighted by Crippen LogP contribution is -2.32. The summed E-state index contributed by atoms with van der Waals surface area (Å²) in [4.78, 5) is 14.3. The molecule has 0 fully saturated rings. The Hall–Kier alpha value is -0.310. The van der Waals surface area contributed by atoms with Crippen LogP contribution < -0.4 is 0 Å². The summed E-state index contributed by atoms with van der Waals surface area (Å²) in [6, 6.07) is 0. The molecule has 1 rings (SSSR count). The van der Waals surface area contributed by atoms with E-state index in [1.165, 1.54) is 5.57 Å². The van der Waals surface area contributed by atoms with Gasteiger partial charge in [0.15, 0.2) is 5.78 Å². The van der Waals surface area contributed by atoms with E-state index in [-0.39, 0.29) is 0 Å². The standard InChI is InChI=1S/C13H22BrNO/c1-3-9-15(10-5-8-14)13-11(2)6-4-7-12(13)16/h3-10H2,1-2H3. The summed E-state index contributed by atoms with van der Waals surface area (Å²) in [5, 5.41) is 1.01. The van der Waals surface area contributed by atoms with E-state index >= 15 is 0 Å². The van der Waals surface area contributed by atoms with E-state index in [0.717, 1.165) is 56.2 Å². The number of alkyl halides is 1. The lowest BCUT2D eigenvalue weighted by molar-refractivity contribution is -0.117. The molecule has 0 bridgehead atoms. The average Bonchev–Trinajstić information content (AvgIpc) is 2.25. The molecule has 0 radical (unpaired) electrons. The molecule has 0 spiro atoms. The van der Waals surface area contributed by atoms with Gasteiger partial charge < -0.3 is 4.90 Å². The molecule has 0 aromatic rings. The molecule has 0 saturated heterocycles. The van der Waals surface area contributed by atoms with Crippen LogP contribution in [-0.2, 0) is 4.79 Å². The van der Waals surface area contributed by atoms with E-state index < -0.39 is 0 Å². The van der Waals surface area contributed by atoms with Crippen LogP contribution in [0, 0.1) is 0 Å². The van der Waals surface area contributed by atoms with Crippen molar-refractivity contribution in [2.75, 3.05) is 18.4 Å². The molecule has 2 nitrogen and oxygen atoms in total. The Kier molecular flexibility index (Phi) is 6.10. The summed E-state index contributed by atoms with van der Waals surface area (Å²) in [5.74, 6) is 0.353. The van der Waals surface area contributed by atoms with Gasteiger partial charge in [0.25, 0.3) is 0 Å². The monoisotopic (exact) mass is 287 g/mol. The van der Waals surface area contributed by atoms with Crippen molar-refractivity contribution in [1.82, 2.24) is 4.90 Å². The Morgan fingerprint density at radius 1 is 1.31 bits per heavy atom. The van der Waals surface area contributed by atoms with Gasteiger partial charge in [0.05, 0.1) is 5.70 Å². The third kappa shape index (κ3) is 3.62. The third-order valence-electron chi connectivity index (χ3n) is 3.00. The van der Waals surface area contributed by atoms with Crippen LogP contribution in [0.15, 0.2) is 11.3 Å². The maximum absolute atomic E-state index is 12.0. The zero-order chi connectivity index (χ0) is 12.0. The van der Waals surface area contributed by atoms with Gasteiger partial charge in [-0.15, -0.1) is 0 Å². The van der Waals surface area contributed by atoms with Crippen LogP contribution in [0.2, 0.25) is 0 Å². The first kappa shape index (κ1) is 13.8. The smallest absolute Gasteiger partial charge is 0.178 e. The molecule has 0 aliphatic heterocycles. The van der Waals surface area contributed by atoms with E-state index in [1.54, 1.807) is 0 Å². The second-order valence-electron chi connectivity index (χ2n) is 4.44. The van der Waals surface area contributed by atoms with Crippen LogP contribution in [0.5, 0.6) is 0 Å². The maximum Gasteiger partial charge on any atom is 0.178 e. The fourth-order valence-electron chi connectivity index (χ4n) is 2.29. The summed E-state index contributed by atoms with van der Waals surface area (Å²) in [7, 11) is 0. The molecule has 0 heterocycles. The van der Waals surface area contributed by atoms with Crippen molar-refractivity contribution in [2.45, 2.75) is 46.0 Å². The van der Waals surface area contributed by atoms with Crippen LogP contribution >= 0.6 is 15.9 Å². The van der Waals surface area contributed by atoms with Crippen LogP contribution in [0.25, 0.3) is 0 Å². The molecule has 1 aliphatic carbocycles. The van der Waals surface area contributed by atoms with Gasteiger partial charge >= 0.3 is 0 Å². The highest BCUT2D eigenvalue weighted by Gasteiger charge is 2.22. The molecule has 0 aromatic carbocycles. The minimum Gasteiger partial charge on any atom is -0.369 e. The van der Waals surface area contributed by atoms with Crippen molar-refractivity contribution in [2.24, 2.45) is 0 Å². The third-order valence-corrected chi connectivity index (χ3v) is 3.56. The van der Waals surface area contributed by atoms with Gasteiger partial charge in [-0.05, 0) is 38.2 Å². The fraction of sp³-hybridized carbons (Fsp3) is 0.769. The molecule has 0 atom stereocenters. The summed E-state index contributed by atoms with van der Waals surface area (Å²) < 4.78 is 0. The molecule has 16 heavy (non-hydrogen) atoms. The Morgan fingerprint density at radius 2 is 2.06 bits per heavy atom. The Morgan fingerprint density at radius 3 is 2.62 bits per heavy atom. The van der Waals surface area contributed by atoms with Crippen LogP contribution in [0.3, 0.4) is 0 Å². The molecule has 0 unspecified atom stereocenters. The number of rotatable bonds is 6. The number of carbonyl (C=O) groups is 1. The molecule has 3 heteroatoms. The van der Waals surface area contributed by atoms with Crippen LogP contribution in [0.4, 0.5) is 0 Å². The zero-order valence-corrected chi connectivity index (χ0v) is 12.0. The van der Waals surface area contributed by atoms with E-state index in [0.29, 0.717) is 5.78 Å². The lowest BCUT2D eigenvalue weighted by Gasteiger charge is -2.30. The van der Waals surface area contributed by atoms with Gasteiger partial charge in [0.1, 0.15) is 0 Å². The highest BCUT2D eigenvalue weighted by atomic mass is 79.9. The number of allylic oxidation sites excluding steroid dienone is 2. The number of halogens is 1. The summed E-state index contributed by atoms with van der Waals surface area (Å²) in [5.41, 5.74) is 2.31. The van der Waals surface area contributed by atoms with E-state index in [2.05, 4.69) is 34.7 Å². The molecule has 0 saturated carbocycles. The summed E-state index contributed by atoms with van der Waals surface area (Å²) in [6.07, 6.45) is 5.07. The van der Waals surface area contributed by atoms with Crippen molar-refractivity contribution in [3.63, 3.8) is 0 Å². The Balaban J connectivity index is 2.77. The normalized spacial score (nSPS) is 16.8. The molecule has 0 amide bonds. The Bertz CT molecular complexity index is 273. The zero-order valence-electron chi connectivity index (χ0n) is 10.4. The summed E-state index contributed by atoms with van der Waals surface area (Å²) in [6.45, 7) is 6.29. The number of nitrogens with zero attached hydrogens (tertiary/aromatic N) is 1. The van der Waals surface area contributed by atoms with Gasteiger partial charge in [0, 0.05) is 24.8 Å². The minimum atomic E-state index is 0.353. The number of ketones is 1. The predicted octanol–water partition coefficient (Wildman–Crippen LogP) is 3.51. The number of Topliss-reactive ketones (excluding diaryl/α,β-unsaturated/α-hetero) is 1. The predicted molar refractivity (Wildman–Crippen MR) is 71.8 cm³/mol. The first-order valence-corrected chi connectivity index (χ1v) is 7.36. The van der Waals surface area contributed by atoms with Crippen LogP contribution in [-0.4, -0.2) is 29.1 Å². The SMILES string of the molecule is CCCN(CCCBr)C1=C(C)CCCC1=O. The second kappa shape index (κ2) is 7.10. The van der Waals surface area contributed by atoms with Crippen LogP contribution in [0.1, 0.15) is 46.0 Å². The Labute approximate surface area is 107 Å². The second-order valence-corrected chi connectivity index (χ2v) is 5.23. The minimum absolute atomic E-state index is 0.353. The van der Waals surface area contributed by atoms with E-state index in [4.69, 9.17) is 0 Å². The molecular weight excluding hydrogens is 266 g/mol. The topological polar surface area (TPSA) is 20.3 Å². The van der Waals surface area contributed by atoms with Crippen molar-refractivity contribution < 1.29 is 4.79 Å². The molecule has 0 N–H and O–H groups in total. The maximum atomic E-state index is 12.0. The van der Waals surface area contributed by atoms with E-state index in [9.17, 15) is 4.79 Å². The fourth-order valence-corrected chi connectivity index (χ4v) is 2.54. The van der Waals surface area contributed by atoms with Crippen molar-refractivity contribution in [3.8, 4) is 0 Å². The number of hydrogen-bond donors (Lipinski definition) is 0. The highest BCUT2D eigenvalue weighted by Crippen LogP contribution is 2.24. The first-order valence-electron chi connectivity index (χ1n) is 6.24. The first-order chi connectivity index (χ1) is 7.70. The van der Waals surface area contributed by atoms with E-state index in [1.807, 2.05) is 0 Å². The highest BCUT2D eigenvalue weighted by molar-refractivity contribution is 9.09.